The van der Waals surface area contributed by atoms with Crippen LogP contribution in [0.4, 0.5) is 17.6 Å². The summed E-state index contributed by atoms with van der Waals surface area (Å²) in [5, 5.41) is 8.64. The summed E-state index contributed by atoms with van der Waals surface area (Å²) in [6.07, 6.45) is -1.90. The molecule has 0 bridgehead atoms. The number of nitrogens with one attached hydrogen (secondary N) is 1. The summed E-state index contributed by atoms with van der Waals surface area (Å²) in [5.41, 5.74) is 3.36. The van der Waals surface area contributed by atoms with Crippen LogP contribution in [0.5, 0.6) is 0 Å². The largest absolute Gasteiger partial charge is 0.434 e. The molecule has 0 saturated heterocycles. The molecule has 11 heteroatoms. The summed E-state index contributed by atoms with van der Waals surface area (Å²) in [6, 6.07) is 11.5. The molecule has 0 aliphatic rings. The predicted molar refractivity (Wildman–Crippen MR) is 135 cm³/mol. The predicted octanol–water partition coefficient (Wildman–Crippen LogP) is 5.65. The van der Waals surface area contributed by atoms with Crippen molar-refractivity contribution < 1.29 is 17.6 Å². The van der Waals surface area contributed by atoms with Crippen molar-refractivity contribution in [1.29, 1.82) is 5.41 Å². The lowest BCUT2D eigenvalue weighted by Gasteiger charge is -2.12. The SMILES string of the molecule is CC(C)c1cc(F)ccc1-c1ncc2c(n1)n(Cc1ccc(-c3nc(C(F)(F)F)cn3C)cc1)c(=N)n2C. The molecule has 0 aliphatic carbocycles. The van der Waals surface area contributed by atoms with Gasteiger partial charge < -0.3 is 9.13 Å². The van der Waals surface area contributed by atoms with Gasteiger partial charge in [0, 0.05) is 31.4 Å². The second kappa shape index (κ2) is 9.23. The molecule has 0 aliphatic heterocycles. The number of rotatable bonds is 5. The van der Waals surface area contributed by atoms with E-state index in [0.717, 1.165) is 22.9 Å². The average Bonchev–Trinajstić information content (AvgIpc) is 3.38. The fourth-order valence-electron chi connectivity index (χ4n) is 4.50. The van der Waals surface area contributed by atoms with Crippen molar-refractivity contribution >= 4 is 11.2 Å². The number of hydrogen-bond donors (Lipinski definition) is 1. The molecule has 5 aromatic rings. The van der Waals surface area contributed by atoms with Gasteiger partial charge in [-0.15, -0.1) is 0 Å². The summed E-state index contributed by atoms with van der Waals surface area (Å²) < 4.78 is 57.9. The quantitative estimate of drug-likeness (QED) is 0.303. The van der Waals surface area contributed by atoms with Gasteiger partial charge in [0.25, 0.3) is 0 Å². The van der Waals surface area contributed by atoms with Crippen molar-refractivity contribution in [3.63, 3.8) is 0 Å². The van der Waals surface area contributed by atoms with Crippen LogP contribution in [-0.2, 0) is 26.8 Å². The Morgan fingerprint density at radius 3 is 2.34 bits per heavy atom. The first-order chi connectivity index (χ1) is 17.9. The molecule has 0 radical (unpaired) electrons. The topological polar surface area (TPSA) is 77.3 Å². The third-order valence-corrected chi connectivity index (χ3v) is 6.54. The van der Waals surface area contributed by atoms with E-state index in [2.05, 4.69) is 9.97 Å². The first-order valence-corrected chi connectivity index (χ1v) is 11.9. The van der Waals surface area contributed by atoms with Crippen LogP contribution in [0.2, 0.25) is 0 Å². The molecule has 0 fully saturated rings. The third kappa shape index (κ3) is 4.48. The minimum absolute atomic E-state index is 0.0547. The molecular weight excluding hydrogens is 498 g/mol. The molecule has 3 aromatic heterocycles. The van der Waals surface area contributed by atoms with Gasteiger partial charge in [0.15, 0.2) is 17.2 Å². The maximum atomic E-state index is 13.9. The van der Waals surface area contributed by atoms with E-state index in [-0.39, 0.29) is 23.2 Å². The average molecular weight is 524 g/mol. The van der Waals surface area contributed by atoms with Crippen LogP contribution < -0.4 is 5.62 Å². The summed E-state index contributed by atoms with van der Waals surface area (Å²) >= 11 is 0. The molecule has 3 heterocycles. The first kappa shape index (κ1) is 25.4. The third-order valence-electron chi connectivity index (χ3n) is 6.54. The minimum atomic E-state index is -4.52. The molecule has 0 atom stereocenters. The van der Waals surface area contributed by atoms with Gasteiger partial charge >= 0.3 is 6.18 Å². The standard InChI is InChI=1S/C27H25F4N7/c1-15(2)20-11-18(28)9-10-19(20)23-33-12-21-25(35-23)38(26(32)37(21)4)13-16-5-7-17(8-6-16)24-34-22(14-36(24)3)27(29,30)31/h5-12,14-15,32H,13H2,1-4H3. The summed E-state index contributed by atoms with van der Waals surface area (Å²) in [7, 11) is 3.27. The normalized spacial score (nSPS) is 12.1. The Balaban J connectivity index is 1.52. The smallest absolute Gasteiger partial charge is 0.333 e. The molecule has 0 unspecified atom stereocenters. The Kier molecular flexibility index (Phi) is 6.16. The lowest BCUT2D eigenvalue weighted by atomic mass is 9.96. The highest BCUT2D eigenvalue weighted by atomic mass is 19.4. The number of benzene rings is 2. The molecule has 1 N–H and O–H groups in total. The van der Waals surface area contributed by atoms with Gasteiger partial charge in [-0.1, -0.05) is 38.1 Å². The van der Waals surface area contributed by atoms with E-state index in [0.29, 0.717) is 29.1 Å². The van der Waals surface area contributed by atoms with E-state index in [1.54, 1.807) is 52.7 Å². The molecule has 0 spiro atoms. The van der Waals surface area contributed by atoms with E-state index in [9.17, 15) is 17.6 Å². The lowest BCUT2D eigenvalue weighted by molar-refractivity contribution is -0.140. The molecule has 0 amide bonds. The van der Waals surface area contributed by atoms with E-state index < -0.39 is 11.9 Å². The van der Waals surface area contributed by atoms with Crippen molar-refractivity contribution in [2.45, 2.75) is 32.5 Å². The van der Waals surface area contributed by atoms with Gasteiger partial charge in [-0.2, -0.15) is 13.2 Å². The molecule has 0 saturated carbocycles. The van der Waals surface area contributed by atoms with Crippen molar-refractivity contribution in [2.24, 2.45) is 14.1 Å². The molecule has 38 heavy (non-hydrogen) atoms. The second-order valence-corrected chi connectivity index (χ2v) is 9.51. The number of aryl methyl sites for hydroxylation is 2. The van der Waals surface area contributed by atoms with Crippen LogP contribution in [0.15, 0.2) is 54.9 Å². The highest BCUT2D eigenvalue weighted by molar-refractivity contribution is 5.74. The van der Waals surface area contributed by atoms with Crippen molar-refractivity contribution in [2.75, 3.05) is 0 Å². The van der Waals surface area contributed by atoms with Gasteiger partial charge in [0.05, 0.1) is 12.7 Å². The van der Waals surface area contributed by atoms with Gasteiger partial charge in [-0.3, -0.25) is 9.98 Å². The first-order valence-electron chi connectivity index (χ1n) is 11.9. The monoisotopic (exact) mass is 523 g/mol. The zero-order chi connectivity index (χ0) is 27.4. The van der Waals surface area contributed by atoms with Crippen molar-refractivity contribution in [3.05, 3.63) is 83.1 Å². The molecule has 5 rings (SSSR count). The fraction of sp³-hybridized carbons (Fsp3) is 0.259. The minimum Gasteiger partial charge on any atom is -0.333 e. The van der Waals surface area contributed by atoms with Gasteiger partial charge in [-0.25, -0.2) is 19.3 Å². The van der Waals surface area contributed by atoms with Crippen LogP contribution >= 0.6 is 0 Å². The zero-order valence-electron chi connectivity index (χ0n) is 21.2. The Morgan fingerprint density at radius 1 is 1.00 bits per heavy atom. The lowest BCUT2D eigenvalue weighted by Crippen LogP contribution is -2.23. The maximum Gasteiger partial charge on any atom is 0.434 e. The molecule has 196 valence electrons. The number of alkyl halides is 3. The Labute approximate surface area is 215 Å². The van der Waals surface area contributed by atoms with E-state index in [1.807, 2.05) is 13.8 Å². The molecular formula is C27H25F4N7. The number of imidazole rings is 2. The number of halogens is 4. The highest BCUT2D eigenvalue weighted by Gasteiger charge is 2.34. The molecule has 2 aromatic carbocycles. The Bertz CT molecular complexity index is 1710. The van der Waals surface area contributed by atoms with Gasteiger partial charge in [0.1, 0.15) is 17.2 Å². The van der Waals surface area contributed by atoms with Crippen LogP contribution in [0.3, 0.4) is 0 Å². The zero-order valence-corrected chi connectivity index (χ0v) is 21.2. The number of nitrogens with zero attached hydrogens (tertiary/aromatic N) is 6. The Hall–Kier alpha value is -4.28. The van der Waals surface area contributed by atoms with E-state index in [1.165, 1.54) is 23.7 Å². The second-order valence-electron chi connectivity index (χ2n) is 9.51. The van der Waals surface area contributed by atoms with Crippen LogP contribution in [0.1, 0.15) is 36.6 Å². The van der Waals surface area contributed by atoms with Crippen molar-refractivity contribution in [3.8, 4) is 22.8 Å². The van der Waals surface area contributed by atoms with Crippen molar-refractivity contribution in [1.82, 2.24) is 28.7 Å². The van der Waals surface area contributed by atoms with Gasteiger partial charge in [0.2, 0.25) is 5.62 Å². The fourth-order valence-corrected chi connectivity index (χ4v) is 4.50. The molecule has 7 nitrogen and oxygen atoms in total. The van der Waals surface area contributed by atoms with E-state index in [4.69, 9.17) is 10.4 Å². The van der Waals surface area contributed by atoms with Crippen LogP contribution in [0.25, 0.3) is 33.9 Å². The Morgan fingerprint density at radius 2 is 1.71 bits per heavy atom. The maximum absolute atomic E-state index is 13.9. The van der Waals surface area contributed by atoms with Crippen LogP contribution in [0, 0.1) is 11.2 Å². The summed E-state index contributed by atoms with van der Waals surface area (Å²) in [5.74, 6) is 0.371. The highest BCUT2D eigenvalue weighted by Crippen LogP contribution is 2.31. The summed E-state index contributed by atoms with van der Waals surface area (Å²) in [6.45, 7) is 4.25. The number of aromatic nitrogens is 6. The number of fused-ring (bicyclic) bond motifs is 1. The number of hydrogen-bond acceptors (Lipinski definition) is 4. The van der Waals surface area contributed by atoms with Crippen LogP contribution in [-0.4, -0.2) is 28.7 Å². The summed E-state index contributed by atoms with van der Waals surface area (Å²) in [4.78, 5) is 13.0. The van der Waals surface area contributed by atoms with Gasteiger partial charge in [-0.05, 0) is 35.2 Å². The van der Waals surface area contributed by atoms with E-state index >= 15 is 0 Å².